The van der Waals surface area contributed by atoms with Crippen molar-refractivity contribution in [3.8, 4) is 5.75 Å². The Morgan fingerprint density at radius 2 is 1.69 bits per heavy atom. The smallest absolute Gasteiger partial charge is 0.243 e. The van der Waals surface area contributed by atoms with Crippen LogP contribution in [0.2, 0.25) is 0 Å². The minimum atomic E-state index is -0.511. The lowest BCUT2D eigenvalue weighted by Crippen LogP contribution is -2.53. The van der Waals surface area contributed by atoms with Gasteiger partial charge in [0.15, 0.2) is 0 Å². The third kappa shape index (κ3) is 8.58. The molecule has 0 saturated carbocycles. The first kappa shape index (κ1) is 25.8. The van der Waals surface area contributed by atoms with Gasteiger partial charge in [0.05, 0.1) is 7.11 Å². The van der Waals surface area contributed by atoms with Crippen molar-refractivity contribution in [2.45, 2.75) is 64.4 Å². The molecule has 0 aliphatic carbocycles. The van der Waals surface area contributed by atoms with Gasteiger partial charge in [-0.3, -0.25) is 9.59 Å². The van der Waals surface area contributed by atoms with Crippen molar-refractivity contribution in [3.05, 3.63) is 65.7 Å². The monoisotopic (exact) mass is 456 g/mol. The van der Waals surface area contributed by atoms with Gasteiger partial charge in [0.1, 0.15) is 11.8 Å². The average Bonchev–Trinajstić information content (AvgIpc) is 2.76. The van der Waals surface area contributed by atoms with E-state index in [2.05, 4.69) is 17.4 Å². The van der Waals surface area contributed by atoms with Gasteiger partial charge in [-0.2, -0.15) is 11.8 Å². The van der Waals surface area contributed by atoms with Gasteiger partial charge in [0.25, 0.3) is 0 Å². The first-order valence-electron chi connectivity index (χ1n) is 11.1. The van der Waals surface area contributed by atoms with E-state index in [0.717, 1.165) is 17.1 Å². The van der Waals surface area contributed by atoms with E-state index in [1.807, 2.05) is 70.2 Å². The molecule has 0 fully saturated rings. The molecule has 1 atom stereocenters. The van der Waals surface area contributed by atoms with Gasteiger partial charge in [-0.1, -0.05) is 49.4 Å². The topological polar surface area (TPSA) is 58.6 Å². The van der Waals surface area contributed by atoms with Crippen LogP contribution in [0.15, 0.2) is 54.6 Å². The molecular weight excluding hydrogens is 420 g/mol. The Morgan fingerprint density at radius 3 is 2.25 bits per heavy atom. The zero-order chi connectivity index (χ0) is 23.6. The lowest BCUT2D eigenvalue weighted by molar-refractivity contribution is -0.141. The summed E-state index contributed by atoms with van der Waals surface area (Å²) in [6, 6.07) is 17.4. The van der Waals surface area contributed by atoms with Gasteiger partial charge < -0.3 is 15.0 Å². The highest BCUT2D eigenvalue weighted by Crippen LogP contribution is 2.19. The molecule has 2 amide bonds. The number of carbonyl (C=O) groups excluding carboxylic acids is 2. The Hall–Kier alpha value is -2.47. The summed E-state index contributed by atoms with van der Waals surface area (Å²) < 4.78 is 5.24. The fourth-order valence-corrected chi connectivity index (χ4v) is 4.26. The van der Waals surface area contributed by atoms with Gasteiger partial charge >= 0.3 is 0 Å². The van der Waals surface area contributed by atoms with Crippen LogP contribution in [0.1, 0.15) is 51.7 Å². The Kier molecular flexibility index (Phi) is 10.1. The van der Waals surface area contributed by atoms with E-state index in [0.29, 0.717) is 25.1 Å². The van der Waals surface area contributed by atoms with Gasteiger partial charge in [0.2, 0.25) is 11.8 Å². The highest BCUT2D eigenvalue weighted by molar-refractivity contribution is 7.98. The molecule has 0 aromatic heterocycles. The lowest BCUT2D eigenvalue weighted by atomic mass is 10.1. The predicted molar refractivity (Wildman–Crippen MR) is 133 cm³/mol. The van der Waals surface area contributed by atoms with Crippen LogP contribution in [0.25, 0.3) is 0 Å². The van der Waals surface area contributed by atoms with Crippen molar-refractivity contribution in [3.63, 3.8) is 0 Å². The van der Waals surface area contributed by atoms with Crippen molar-refractivity contribution in [2.75, 3.05) is 12.9 Å². The summed E-state index contributed by atoms with van der Waals surface area (Å²) in [4.78, 5) is 28.0. The van der Waals surface area contributed by atoms with Crippen molar-refractivity contribution >= 4 is 23.6 Å². The molecule has 1 N–H and O–H groups in total. The summed E-state index contributed by atoms with van der Waals surface area (Å²) in [5, 5.41) is 3.04. The van der Waals surface area contributed by atoms with E-state index in [4.69, 9.17) is 4.74 Å². The second-order valence-corrected chi connectivity index (χ2v) is 9.93. The number of methoxy groups -OCH3 is 1. The minimum Gasteiger partial charge on any atom is -0.497 e. The van der Waals surface area contributed by atoms with Crippen LogP contribution >= 0.6 is 11.8 Å². The molecule has 0 heterocycles. The fourth-order valence-electron chi connectivity index (χ4n) is 3.37. The molecular formula is C26H36N2O3S. The molecule has 2 aromatic rings. The van der Waals surface area contributed by atoms with Crippen molar-refractivity contribution in [1.29, 1.82) is 0 Å². The molecule has 0 bridgehead atoms. The van der Waals surface area contributed by atoms with E-state index in [-0.39, 0.29) is 17.4 Å². The SMILES string of the molecule is CCC(C(=O)NC(C)(C)C)N(Cc1ccc(OC)cc1)C(=O)CCSCc1ccccc1. The zero-order valence-corrected chi connectivity index (χ0v) is 20.7. The molecule has 0 aliphatic heterocycles. The van der Waals surface area contributed by atoms with Crippen LogP contribution in [-0.2, 0) is 21.9 Å². The van der Waals surface area contributed by atoms with Crippen molar-refractivity contribution < 1.29 is 14.3 Å². The number of benzene rings is 2. The van der Waals surface area contributed by atoms with Gasteiger partial charge in [-0.05, 0) is 50.5 Å². The van der Waals surface area contributed by atoms with Crippen molar-refractivity contribution in [2.24, 2.45) is 0 Å². The molecule has 1 unspecified atom stereocenters. The van der Waals surface area contributed by atoms with Crippen LogP contribution in [-0.4, -0.2) is 41.2 Å². The number of amides is 2. The summed E-state index contributed by atoms with van der Waals surface area (Å²) >= 11 is 1.74. The normalized spacial score (nSPS) is 12.2. The van der Waals surface area contributed by atoms with E-state index in [9.17, 15) is 9.59 Å². The molecule has 2 rings (SSSR count). The number of hydrogen-bond acceptors (Lipinski definition) is 4. The van der Waals surface area contributed by atoms with E-state index >= 15 is 0 Å². The maximum atomic E-state index is 13.3. The summed E-state index contributed by atoms with van der Waals surface area (Å²) in [7, 11) is 1.63. The Balaban J connectivity index is 2.09. The number of thioether (sulfide) groups is 1. The standard InChI is InChI=1S/C26H36N2O3S/c1-6-23(25(30)27-26(2,3)4)28(18-20-12-14-22(31-5)15-13-20)24(29)16-17-32-19-21-10-8-7-9-11-21/h7-15,23H,6,16-19H2,1-5H3,(H,27,30). The molecule has 32 heavy (non-hydrogen) atoms. The second-order valence-electron chi connectivity index (χ2n) is 8.82. The van der Waals surface area contributed by atoms with Crippen LogP contribution in [0.3, 0.4) is 0 Å². The van der Waals surface area contributed by atoms with Gasteiger partial charge in [-0.15, -0.1) is 0 Å². The molecule has 0 radical (unpaired) electrons. The summed E-state index contributed by atoms with van der Waals surface area (Å²) in [6.07, 6.45) is 0.952. The molecule has 174 valence electrons. The first-order valence-corrected chi connectivity index (χ1v) is 12.2. The second kappa shape index (κ2) is 12.5. The molecule has 6 heteroatoms. The lowest BCUT2D eigenvalue weighted by Gasteiger charge is -2.33. The number of rotatable bonds is 11. The number of nitrogens with one attached hydrogen (secondary N) is 1. The van der Waals surface area contributed by atoms with E-state index < -0.39 is 6.04 Å². The molecule has 0 spiro atoms. The van der Waals surface area contributed by atoms with Crippen LogP contribution in [0.5, 0.6) is 5.75 Å². The minimum absolute atomic E-state index is 0.00251. The summed E-state index contributed by atoms with van der Waals surface area (Å²) in [5.41, 5.74) is 1.86. The molecule has 0 aliphatic rings. The fraction of sp³-hybridized carbons (Fsp3) is 0.462. The maximum absolute atomic E-state index is 13.3. The number of carbonyl (C=O) groups is 2. The summed E-state index contributed by atoms with van der Waals surface area (Å²) in [5.74, 6) is 2.23. The van der Waals surface area contributed by atoms with Gasteiger partial charge in [-0.25, -0.2) is 0 Å². The average molecular weight is 457 g/mol. The largest absolute Gasteiger partial charge is 0.497 e. The molecule has 5 nitrogen and oxygen atoms in total. The molecule has 2 aromatic carbocycles. The Bertz CT molecular complexity index is 848. The number of nitrogens with zero attached hydrogens (tertiary/aromatic N) is 1. The van der Waals surface area contributed by atoms with Crippen molar-refractivity contribution in [1.82, 2.24) is 10.2 Å². The molecule has 0 saturated heterocycles. The third-order valence-corrected chi connectivity index (χ3v) is 6.00. The summed E-state index contributed by atoms with van der Waals surface area (Å²) in [6.45, 7) is 8.20. The highest BCUT2D eigenvalue weighted by Gasteiger charge is 2.30. The Labute approximate surface area is 196 Å². The van der Waals surface area contributed by atoms with Crippen LogP contribution in [0, 0.1) is 0 Å². The number of hydrogen-bond donors (Lipinski definition) is 1. The first-order chi connectivity index (χ1) is 15.2. The predicted octanol–water partition coefficient (Wildman–Crippen LogP) is 5.04. The quantitative estimate of drug-likeness (QED) is 0.481. The maximum Gasteiger partial charge on any atom is 0.243 e. The highest BCUT2D eigenvalue weighted by atomic mass is 32.2. The van der Waals surface area contributed by atoms with Crippen LogP contribution in [0.4, 0.5) is 0 Å². The Morgan fingerprint density at radius 1 is 1.03 bits per heavy atom. The third-order valence-electron chi connectivity index (χ3n) is 4.97. The van der Waals surface area contributed by atoms with Crippen LogP contribution < -0.4 is 10.1 Å². The van der Waals surface area contributed by atoms with Gasteiger partial charge in [0, 0.05) is 30.0 Å². The number of ether oxygens (including phenoxy) is 1. The zero-order valence-electron chi connectivity index (χ0n) is 19.9. The van der Waals surface area contributed by atoms with E-state index in [1.165, 1.54) is 5.56 Å². The van der Waals surface area contributed by atoms with E-state index in [1.54, 1.807) is 23.8 Å².